The molecule has 0 radical (unpaired) electrons. The van der Waals surface area contributed by atoms with Crippen LogP contribution in [0.15, 0.2) is 18.2 Å². The number of hydrogen-bond acceptors (Lipinski definition) is 2. The number of carbonyl (C=O) groups excluding carboxylic acids is 2. The third-order valence-corrected chi connectivity index (χ3v) is 8.21. The zero-order chi connectivity index (χ0) is 21.5. The molecule has 5 heteroatoms. The molecule has 0 unspecified atom stereocenters. The molecule has 4 bridgehead atoms. The van der Waals surface area contributed by atoms with E-state index in [2.05, 4.69) is 22.9 Å². The van der Waals surface area contributed by atoms with E-state index in [0.29, 0.717) is 11.5 Å². The van der Waals surface area contributed by atoms with Gasteiger partial charge in [-0.15, -0.1) is 0 Å². The minimum absolute atomic E-state index is 0.0105. The van der Waals surface area contributed by atoms with E-state index in [9.17, 15) is 9.59 Å². The predicted octanol–water partition coefficient (Wildman–Crippen LogP) is 2.91. The Kier molecular flexibility index (Phi) is 5.93. The van der Waals surface area contributed by atoms with E-state index in [4.69, 9.17) is 0 Å². The molecule has 4 fully saturated rings. The second-order valence-corrected chi connectivity index (χ2v) is 10.6. The Labute approximate surface area is 180 Å². The minimum atomic E-state index is -0.180. The van der Waals surface area contributed by atoms with Crippen LogP contribution in [0.1, 0.15) is 63.5 Å². The molecule has 0 saturated heterocycles. The van der Waals surface area contributed by atoms with Gasteiger partial charge in [0, 0.05) is 11.1 Å². The molecular formula is C25H38N3O2+. The lowest BCUT2D eigenvalue weighted by Crippen LogP contribution is -2.98. The molecule has 4 aliphatic rings. The van der Waals surface area contributed by atoms with E-state index in [1.165, 1.54) is 38.5 Å². The molecule has 1 aromatic carbocycles. The van der Waals surface area contributed by atoms with Crippen molar-refractivity contribution in [3.8, 4) is 0 Å². The third-order valence-electron chi connectivity index (χ3n) is 8.21. The first kappa shape index (κ1) is 21.4. The first-order valence-corrected chi connectivity index (χ1v) is 11.7. The zero-order valence-corrected chi connectivity index (χ0v) is 19.0. The topological polar surface area (TPSA) is 74.8 Å². The number of anilines is 1. The quantitative estimate of drug-likeness (QED) is 0.644. The fraction of sp³-hybridized carbons (Fsp3) is 0.680. The number of nitrogens with one attached hydrogen (secondary N) is 2. The number of amides is 2. The zero-order valence-electron chi connectivity index (χ0n) is 19.0. The third kappa shape index (κ3) is 4.27. The van der Waals surface area contributed by atoms with Gasteiger partial charge in [0.2, 0.25) is 5.91 Å². The van der Waals surface area contributed by atoms with Gasteiger partial charge in [0.25, 0.3) is 5.91 Å². The Bertz CT molecular complexity index is 763. The van der Waals surface area contributed by atoms with Crippen molar-refractivity contribution >= 4 is 17.5 Å². The van der Waals surface area contributed by atoms with Crippen molar-refractivity contribution in [1.29, 1.82) is 0 Å². The molecule has 4 aliphatic carbocycles. The number of rotatable bonds is 7. The summed E-state index contributed by atoms with van der Waals surface area (Å²) in [6.45, 7) is 8.25. The lowest BCUT2D eigenvalue weighted by molar-refractivity contribution is -0.719. The SMILES string of the molecule is Cc1cccc(C)c1NC(=O)CNC(=O)[C@H](C)[NH2+][C@@H](C)C12CC3CC(CC(C3)C1)C2. The Morgan fingerprint density at radius 3 is 2.10 bits per heavy atom. The maximum Gasteiger partial charge on any atom is 0.278 e. The van der Waals surface area contributed by atoms with Crippen molar-refractivity contribution in [3.05, 3.63) is 29.3 Å². The van der Waals surface area contributed by atoms with Crippen molar-refractivity contribution in [1.82, 2.24) is 5.32 Å². The Morgan fingerprint density at radius 1 is 1.03 bits per heavy atom. The predicted molar refractivity (Wildman–Crippen MR) is 119 cm³/mol. The number of para-hydroxylation sites is 1. The molecule has 164 valence electrons. The highest BCUT2D eigenvalue weighted by atomic mass is 16.2. The van der Waals surface area contributed by atoms with Crippen LogP contribution in [-0.2, 0) is 9.59 Å². The molecule has 5 rings (SSSR count). The summed E-state index contributed by atoms with van der Waals surface area (Å²) in [6.07, 6.45) is 8.38. The summed E-state index contributed by atoms with van der Waals surface area (Å²) < 4.78 is 0. The summed E-state index contributed by atoms with van der Waals surface area (Å²) in [5.41, 5.74) is 3.32. The molecule has 30 heavy (non-hydrogen) atoms. The van der Waals surface area contributed by atoms with Crippen LogP contribution in [-0.4, -0.2) is 30.4 Å². The Hall–Kier alpha value is -1.88. The highest BCUT2D eigenvalue weighted by Gasteiger charge is 2.54. The van der Waals surface area contributed by atoms with Gasteiger partial charge in [-0.2, -0.15) is 0 Å². The van der Waals surface area contributed by atoms with E-state index in [1.54, 1.807) is 0 Å². The highest BCUT2D eigenvalue weighted by molar-refractivity contribution is 5.96. The first-order chi connectivity index (χ1) is 14.3. The highest BCUT2D eigenvalue weighted by Crippen LogP contribution is 2.60. The molecule has 5 nitrogen and oxygen atoms in total. The maximum absolute atomic E-state index is 12.7. The van der Waals surface area contributed by atoms with Crippen LogP contribution in [0.3, 0.4) is 0 Å². The maximum atomic E-state index is 12.7. The van der Waals surface area contributed by atoms with Crippen LogP contribution < -0.4 is 16.0 Å². The lowest BCUT2D eigenvalue weighted by Gasteiger charge is -2.58. The molecule has 0 heterocycles. The van der Waals surface area contributed by atoms with E-state index >= 15 is 0 Å². The van der Waals surface area contributed by atoms with Crippen LogP contribution in [0, 0.1) is 37.0 Å². The van der Waals surface area contributed by atoms with Crippen LogP contribution in [0.5, 0.6) is 0 Å². The second-order valence-electron chi connectivity index (χ2n) is 10.6. The van der Waals surface area contributed by atoms with Crippen molar-refractivity contribution in [2.75, 3.05) is 11.9 Å². The molecule has 2 amide bonds. The Morgan fingerprint density at radius 2 is 1.57 bits per heavy atom. The summed E-state index contributed by atoms with van der Waals surface area (Å²) >= 11 is 0. The minimum Gasteiger partial charge on any atom is -0.342 e. The number of carbonyl (C=O) groups is 2. The molecule has 4 N–H and O–H groups in total. The van der Waals surface area contributed by atoms with Gasteiger partial charge in [-0.3, -0.25) is 9.59 Å². The molecule has 0 spiro atoms. The summed E-state index contributed by atoms with van der Waals surface area (Å²) in [5.74, 6) is 2.53. The Balaban J connectivity index is 1.27. The van der Waals surface area contributed by atoms with Gasteiger partial charge < -0.3 is 16.0 Å². The van der Waals surface area contributed by atoms with Gasteiger partial charge in [-0.25, -0.2) is 0 Å². The van der Waals surface area contributed by atoms with Gasteiger partial charge >= 0.3 is 0 Å². The van der Waals surface area contributed by atoms with Crippen molar-refractivity contribution in [3.63, 3.8) is 0 Å². The number of quaternary nitrogens is 1. The monoisotopic (exact) mass is 412 g/mol. The smallest absolute Gasteiger partial charge is 0.278 e. The van der Waals surface area contributed by atoms with E-state index in [0.717, 1.165) is 34.6 Å². The second kappa shape index (κ2) is 8.33. The number of benzene rings is 1. The fourth-order valence-electron chi connectivity index (χ4n) is 6.98. The van der Waals surface area contributed by atoms with Crippen LogP contribution in [0.25, 0.3) is 0 Å². The van der Waals surface area contributed by atoms with Crippen LogP contribution >= 0.6 is 0 Å². The average molecular weight is 413 g/mol. The van der Waals surface area contributed by atoms with Crippen molar-refractivity contribution in [2.45, 2.75) is 78.3 Å². The summed E-state index contributed by atoms with van der Waals surface area (Å²) in [5, 5.41) is 8.03. The fourth-order valence-corrected chi connectivity index (χ4v) is 6.98. The molecule has 4 saturated carbocycles. The van der Waals surface area contributed by atoms with Gasteiger partial charge in [-0.1, -0.05) is 18.2 Å². The molecule has 1 aromatic rings. The number of hydrogen-bond donors (Lipinski definition) is 3. The normalized spacial score (nSPS) is 31.3. The van der Waals surface area contributed by atoms with Gasteiger partial charge in [0.15, 0.2) is 6.04 Å². The van der Waals surface area contributed by atoms with E-state index in [-0.39, 0.29) is 24.4 Å². The van der Waals surface area contributed by atoms with E-state index < -0.39 is 0 Å². The molecule has 2 atom stereocenters. The van der Waals surface area contributed by atoms with Crippen molar-refractivity contribution < 1.29 is 14.9 Å². The molecule has 0 aromatic heterocycles. The van der Waals surface area contributed by atoms with Gasteiger partial charge in [0.05, 0.1) is 12.6 Å². The van der Waals surface area contributed by atoms with E-state index in [1.807, 2.05) is 39.0 Å². The van der Waals surface area contributed by atoms with Crippen LogP contribution in [0.2, 0.25) is 0 Å². The largest absolute Gasteiger partial charge is 0.342 e. The average Bonchev–Trinajstić information content (AvgIpc) is 2.68. The lowest BCUT2D eigenvalue weighted by atomic mass is 9.48. The van der Waals surface area contributed by atoms with Crippen molar-refractivity contribution in [2.24, 2.45) is 23.2 Å². The summed E-state index contributed by atoms with van der Waals surface area (Å²) in [7, 11) is 0. The first-order valence-electron chi connectivity index (χ1n) is 11.7. The summed E-state index contributed by atoms with van der Waals surface area (Å²) in [4.78, 5) is 25.0. The van der Waals surface area contributed by atoms with Crippen LogP contribution in [0.4, 0.5) is 5.69 Å². The van der Waals surface area contributed by atoms with Gasteiger partial charge in [0.1, 0.15) is 0 Å². The number of aryl methyl sites for hydroxylation is 2. The standard InChI is InChI=1S/C25H37N3O2/c1-15-6-5-7-16(2)23(15)28-22(29)14-26-24(30)17(3)27-18(4)25-11-19-8-20(12-25)10-21(9-19)13-25/h5-7,17-21,27H,8-14H2,1-4H3,(H,26,30)(H,28,29)/p+1/t17-,18-,19?,20?,21?,25?/m0/s1. The van der Waals surface area contributed by atoms with Gasteiger partial charge in [-0.05, 0) is 95.1 Å². The summed E-state index contributed by atoms with van der Waals surface area (Å²) in [6, 6.07) is 6.20. The number of nitrogens with two attached hydrogens (primary N) is 1. The molecule has 0 aliphatic heterocycles. The molecular weight excluding hydrogens is 374 g/mol.